The number of aromatic nitrogens is 1. The van der Waals surface area contributed by atoms with Gasteiger partial charge in [-0.05, 0) is 12.1 Å². The second-order valence-corrected chi connectivity index (χ2v) is 4.57. The number of benzene rings is 1. The van der Waals surface area contributed by atoms with Crippen LogP contribution in [0, 0.1) is 23.7 Å². The second-order valence-electron chi connectivity index (χ2n) is 3.50. The molecule has 2 rings (SSSR count). The van der Waals surface area contributed by atoms with Crippen LogP contribution < -0.4 is 5.32 Å². The van der Waals surface area contributed by atoms with Gasteiger partial charge in [-0.2, -0.15) is 5.26 Å². The molecule has 0 spiro atoms. The summed E-state index contributed by atoms with van der Waals surface area (Å²) in [5, 5.41) is 12.1. The van der Waals surface area contributed by atoms with Gasteiger partial charge in [0, 0.05) is 0 Å². The van der Waals surface area contributed by atoms with Crippen molar-refractivity contribution in [2.75, 3.05) is 6.54 Å². The van der Waals surface area contributed by atoms with Gasteiger partial charge in [0.25, 0.3) is 0 Å². The van der Waals surface area contributed by atoms with Gasteiger partial charge in [-0.25, -0.2) is 4.98 Å². The van der Waals surface area contributed by atoms with Crippen LogP contribution in [0.3, 0.4) is 0 Å². The number of fused-ring (bicyclic) bond motifs is 1. The Bertz CT molecular complexity index is 630. The lowest BCUT2D eigenvalue weighted by atomic mass is 10.1. The summed E-state index contributed by atoms with van der Waals surface area (Å²) in [6.07, 6.45) is 5.06. The molecule has 88 valence electrons. The normalized spacial score (nSPS) is 11.4. The molecule has 1 N–H and O–H groups in total. The second kappa shape index (κ2) is 5.31. The van der Waals surface area contributed by atoms with Crippen molar-refractivity contribution in [1.29, 1.82) is 5.26 Å². The minimum atomic E-state index is -0.907. The highest BCUT2D eigenvalue weighted by atomic mass is 32.1. The van der Waals surface area contributed by atoms with E-state index in [0.717, 1.165) is 10.2 Å². The van der Waals surface area contributed by atoms with Crippen LogP contribution in [0.25, 0.3) is 10.2 Å². The topological polar surface area (TPSA) is 65.8 Å². The predicted octanol–water partition coefficient (Wildman–Crippen LogP) is 1.65. The monoisotopic (exact) mass is 255 g/mol. The van der Waals surface area contributed by atoms with E-state index >= 15 is 0 Å². The minimum absolute atomic E-state index is 0.113. The molecule has 1 amide bonds. The number of rotatable bonds is 3. The van der Waals surface area contributed by atoms with Crippen LogP contribution in [0.15, 0.2) is 24.3 Å². The third-order valence-electron chi connectivity index (χ3n) is 2.31. The van der Waals surface area contributed by atoms with E-state index in [1.807, 2.05) is 30.3 Å². The minimum Gasteiger partial charge on any atom is -0.344 e. The molecule has 0 fully saturated rings. The zero-order valence-electron chi connectivity index (χ0n) is 9.38. The fourth-order valence-electron chi connectivity index (χ4n) is 1.48. The van der Waals surface area contributed by atoms with Crippen molar-refractivity contribution in [1.82, 2.24) is 10.3 Å². The Balaban J connectivity index is 2.31. The van der Waals surface area contributed by atoms with E-state index in [4.69, 9.17) is 11.7 Å². The van der Waals surface area contributed by atoms with Crippen molar-refractivity contribution in [2.45, 2.75) is 5.92 Å². The van der Waals surface area contributed by atoms with Crippen molar-refractivity contribution >= 4 is 27.5 Å². The first-order valence-electron chi connectivity index (χ1n) is 5.22. The quantitative estimate of drug-likeness (QED) is 0.848. The Morgan fingerprint density at radius 3 is 3.00 bits per heavy atom. The summed E-state index contributed by atoms with van der Waals surface area (Å²) in [4.78, 5) is 16.0. The van der Waals surface area contributed by atoms with Gasteiger partial charge in [-0.3, -0.25) is 4.79 Å². The van der Waals surface area contributed by atoms with Gasteiger partial charge in [-0.15, -0.1) is 17.8 Å². The molecule has 0 aliphatic heterocycles. The van der Waals surface area contributed by atoms with E-state index < -0.39 is 11.8 Å². The molecule has 1 aromatic carbocycles. The van der Waals surface area contributed by atoms with Gasteiger partial charge in [0.2, 0.25) is 5.91 Å². The first kappa shape index (κ1) is 12.1. The Labute approximate surface area is 108 Å². The number of hydrogen-bond acceptors (Lipinski definition) is 4. The van der Waals surface area contributed by atoms with Gasteiger partial charge < -0.3 is 5.32 Å². The van der Waals surface area contributed by atoms with Crippen LogP contribution in [0.1, 0.15) is 10.9 Å². The molecule has 0 aliphatic carbocycles. The zero-order valence-corrected chi connectivity index (χ0v) is 10.2. The van der Waals surface area contributed by atoms with E-state index in [9.17, 15) is 4.79 Å². The molecular formula is C13H9N3OS. The summed E-state index contributed by atoms with van der Waals surface area (Å²) in [6, 6.07) is 9.47. The number of nitriles is 1. The first-order valence-corrected chi connectivity index (χ1v) is 6.04. The number of para-hydroxylation sites is 1. The Morgan fingerprint density at radius 2 is 2.33 bits per heavy atom. The van der Waals surface area contributed by atoms with E-state index in [-0.39, 0.29) is 6.54 Å². The number of amides is 1. The summed E-state index contributed by atoms with van der Waals surface area (Å²) in [7, 11) is 0. The van der Waals surface area contributed by atoms with Crippen LogP contribution in [0.4, 0.5) is 0 Å². The summed E-state index contributed by atoms with van der Waals surface area (Å²) >= 11 is 1.35. The molecule has 1 aromatic heterocycles. The molecule has 0 aliphatic rings. The lowest BCUT2D eigenvalue weighted by molar-refractivity contribution is -0.121. The largest absolute Gasteiger partial charge is 0.344 e. The maximum absolute atomic E-state index is 11.7. The zero-order chi connectivity index (χ0) is 13.0. The molecule has 0 radical (unpaired) electrons. The van der Waals surface area contributed by atoms with E-state index in [0.29, 0.717) is 5.01 Å². The maximum atomic E-state index is 11.7. The third-order valence-corrected chi connectivity index (χ3v) is 3.41. The fraction of sp³-hybridized carbons (Fsp3) is 0.154. The van der Waals surface area contributed by atoms with Crippen LogP contribution >= 0.6 is 11.3 Å². The molecule has 0 bridgehead atoms. The van der Waals surface area contributed by atoms with Crippen molar-refractivity contribution in [3.63, 3.8) is 0 Å². The standard InChI is InChI=1S/C13H9N3OS/c1-2-7-15-12(17)9(8-14)13-16-10-5-3-4-6-11(10)18-13/h1,3-6,9H,7H2,(H,15,17)/t9-/m1/s1. The van der Waals surface area contributed by atoms with E-state index in [1.165, 1.54) is 11.3 Å². The molecule has 1 atom stereocenters. The lowest BCUT2D eigenvalue weighted by Gasteiger charge is -2.04. The van der Waals surface area contributed by atoms with E-state index in [1.54, 1.807) is 0 Å². The van der Waals surface area contributed by atoms with Gasteiger partial charge in [0.15, 0.2) is 5.92 Å². The number of carbonyl (C=O) groups excluding carboxylic acids is 1. The molecule has 0 saturated heterocycles. The molecule has 4 nitrogen and oxygen atoms in total. The van der Waals surface area contributed by atoms with Gasteiger partial charge in [-0.1, -0.05) is 18.1 Å². The summed E-state index contributed by atoms with van der Waals surface area (Å²) in [5.41, 5.74) is 0.794. The van der Waals surface area contributed by atoms with Crippen molar-refractivity contribution in [2.24, 2.45) is 0 Å². The molecular weight excluding hydrogens is 246 g/mol. The number of nitrogens with one attached hydrogen (secondary N) is 1. The van der Waals surface area contributed by atoms with Crippen molar-refractivity contribution in [3.05, 3.63) is 29.3 Å². The Hall–Kier alpha value is -2.37. The van der Waals surface area contributed by atoms with Crippen molar-refractivity contribution < 1.29 is 4.79 Å². The predicted molar refractivity (Wildman–Crippen MR) is 69.8 cm³/mol. The van der Waals surface area contributed by atoms with Crippen molar-refractivity contribution in [3.8, 4) is 18.4 Å². The summed E-state index contributed by atoms with van der Waals surface area (Å²) < 4.78 is 0.956. The van der Waals surface area contributed by atoms with Crippen LogP contribution in [0.2, 0.25) is 0 Å². The molecule has 5 heteroatoms. The molecule has 0 saturated carbocycles. The molecule has 2 aromatic rings. The number of carbonyl (C=O) groups is 1. The van der Waals surface area contributed by atoms with Gasteiger partial charge in [0.05, 0.1) is 22.8 Å². The number of nitrogens with zero attached hydrogens (tertiary/aromatic N) is 2. The van der Waals surface area contributed by atoms with E-state index in [2.05, 4.69) is 16.2 Å². The van der Waals surface area contributed by atoms with Gasteiger partial charge in [0.1, 0.15) is 5.01 Å². The molecule has 0 unspecified atom stereocenters. The highest BCUT2D eigenvalue weighted by Gasteiger charge is 2.23. The molecule has 18 heavy (non-hydrogen) atoms. The summed E-state index contributed by atoms with van der Waals surface area (Å²) in [5.74, 6) is 0.983. The average Bonchev–Trinajstić information content (AvgIpc) is 2.80. The number of hydrogen-bond donors (Lipinski definition) is 1. The van der Waals surface area contributed by atoms with Crippen LogP contribution in [-0.4, -0.2) is 17.4 Å². The molecule has 1 heterocycles. The van der Waals surface area contributed by atoms with Crippen LogP contribution in [-0.2, 0) is 4.79 Å². The highest BCUT2D eigenvalue weighted by Crippen LogP contribution is 2.27. The fourth-order valence-corrected chi connectivity index (χ4v) is 2.49. The number of thiazole rings is 1. The maximum Gasteiger partial charge on any atom is 0.245 e. The SMILES string of the molecule is C#CCNC(=O)[C@@H](C#N)c1nc2ccccc2s1. The lowest BCUT2D eigenvalue weighted by Crippen LogP contribution is -2.28. The smallest absolute Gasteiger partial charge is 0.245 e. The first-order chi connectivity index (χ1) is 8.76. The van der Waals surface area contributed by atoms with Crippen LogP contribution in [0.5, 0.6) is 0 Å². The third kappa shape index (κ3) is 2.32. The average molecular weight is 255 g/mol. The van der Waals surface area contributed by atoms with Gasteiger partial charge >= 0.3 is 0 Å². The highest BCUT2D eigenvalue weighted by molar-refractivity contribution is 7.18. The number of terminal acetylenes is 1. The Kier molecular flexibility index (Phi) is 3.57. The summed E-state index contributed by atoms with van der Waals surface area (Å²) in [6.45, 7) is 0.113. The Morgan fingerprint density at radius 1 is 1.56 bits per heavy atom.